The minimum Gasteiger partial charge on any atom is -0.480 e. The summed E-state index contributed by atoms with van der Waals surface area (Å²) in [6, 6.07) is 3.80. The van der Waals surface area contributed by atoms with Crippen LogP contribution in [0.5, 0.6) is 0 Å². The summed E-state index contributed by atoms with van der Waals surface area (Å²) < 4.78 is 1.75. The van der Waals surface area contributed by atoms with Gasteiger partial charge in [0.2, 0.25) is 0 Å². The van der Waals surface area contributed by atoms with Gasteiger partial charge in [-0.3, -0.25) is 4.79 Å². The lowest BCUT2D eigenvalue weighted by Gasteiger charge is -2.24. The highest BCUT2D eigenvalue weighted by Crippen LogP contribution is 2.30. The van der Waals surface area contributed by atoms with Crippen molar-refractivity contribution >= 4 is 17.5 Å². The Hall–Kier alpha value is -2.37. The van der Waals surface area contributed by atoms with Crippen molar-refractivity contribution in [3.63, 3.8) is 0 Å². The normalized spacial score (nSPS) is 17.0. The Morgan fingerprint density at radius 2 is 2.10 bits per heavy atom. The topological polar surface area (TPSA) is 83.7 Å². The van der Waals surface area contributed by atoms with Gasteiger partial charge in [-0.15, -0.1) is 0 Å². The standard InChI is InChI=1S/C15H17N3O3/c1-10-4-7-18-9-11(16-12(18)8-10)13(19)17-15(14(20)21)5-2-3-6-15/h4,7-9H,2-3,5-6H2,1H3,(H,17,19)(H,20,21). The molecule has 1 fully saturated rings. The largest absolute Gasteiger partial charge is 0.480 e. The number of fused-ring (bicyclic) bond motifs is 1. The van der Waals surface area contributed by atoms with E-state index in [0.29, 0.717) is 18.5 Å². The molecular weight excluding hydrogens is 270 g/mol. The number of aromatic nitrogens is 2. The van der Waals surface area contributed by atoms with Crippen molar-refractivity contribution in [1.82, 2.24) is 14.7 Å². The lowest BCUT2D eigenvalue weighted by Crippen LogP contribution is -2.52. The summed E-state index contributed by atoms with van der Waals surface area (Å²) in [7, 11) is 0. The second-order valence-electron chi connectivity index (χ2n) is 5.64. The van der Waals surface area contributed by atoms with Gasteiger partial charge in [-0.05, 0) is 37.5 Å². The SMILES string of the molecule is Cc1ccn2cc(C(=O)NC3(C(=O)O)CCCC3)nc2c1. The Labute approximate surface area is 121 Å². The molecule has 6 heteroatoms. The number of imidazole rings is 1. The average molecular weight is 287 g/mol. The van der Waals surface area contributed by atoms with E-state index in [0.717, 1.165) is 18.4 Å². The first kappa shape index (κ1) is 13.6. The summed E-state index contributed by atoms with van der Waals surface area (Å²) >= 11 is 0. The van der Waals surface area contributed by atoms with Gasteiger partial charge in [0.05, 0.1) is 0 Å². The van der Waals surface area contributed by atoms with Gasteiger partial charge in [-0.25, -0.2) is 9.78 Å². The Morgan fingerprint density at radius 1 is 1.38 bits per heavy atom. The van der Waals surface area contributed by atoms with Gasteiger partial charge < -0.3 is 14.8 Å². The summed E-state index contributed by atoms with van der Waals surface area (Å²) in [6.07, 6.45) is 6.03. The number of amides is 1. The molecule has 0 spiro atoms. The zero-order chi connectivity index (χ0) is 15.0. The highest BCUT2D eigenvalue weighted by molar-refractivity contribution is 5.97. The van der Waals surface area contributed by atoms with E-state index in [1.54, 1.807) is 10.6 Å². The van der Waals surface area contributed by atoms with E-state index in [2.05, 4.69) is 10.3 Å². The van der Waals surface area contributed by atoms with Crippen LogP contribution in [0.15, 0.2) is 24.5 Å². The first-order valence-electron chi connectivity index (χ1n) is 7.01. The maximum atomic E-state index is 12.3. The van der Waals surface area contributed by atoms with E-state index in [1.807, 2.05) is 25.3 Å². The second-order valence-corrected chi connectivity index (χ2v) is 5.64. The first-order valence-corrected chi connectivity index (χ1v) is 7.01. The highest BCUT2D eigenvalue weighted by atomic mass is 16.4. The van der Waals surface area contributed by atoms with Gasteiger partial charge in [0.25, 0.3) is 5.91 Å². The van der Waals surface area contributed by atoms with Gasteiger partial charge in [0, 0.05) is 12.4 Å². The molecule has 1 aliphatic carbocycles. The van der Waals surface area contributed by atoms with E-state index >= 15 is 0 Å². The molecule has 0 aromatic carbocycles. The van der Waals surface area contributed by atoms with Crippen molar-refractivity contribution in [2.45, 2.75) is 38.1 Å². The van der Waals surface area contributed by atoms with Gasteiger partial charge in [-0.1, -0.05) is 12.8 Å². The van der Waals surface area contributed by atoms with E-state index in [9.17, 15) is 14.7 Å². The van der Waals surface area contributed by atoms with Crippen molar-refractivity contribution in [2.24, 2.45) is 0 Å². The molecule has 2 aromatic rings. The smallest absolute Gasteiger partial charge is 0.329 e. The minimum absolute atomic E-state index is 0.244. The fourth-order valence-corrected chi connectivity index (χ4v) is 2.85. The number of pyridine rings is 1. The highest BCUT2D eigenvalue weighted by Gasteiger charge is 2.43. The molecule has 1 aliphatic rings. The van der Waals surface area contributed by atoms with Gasteiger partial charge in [0.1, 0.15) is 16.9 Å². The lowest BCUT2D eigenvalue weighted by molar-refractivity contribution is -0.144. The summed E-state index contributed by atoms with van der Waals surface area (Å²) in [5.74, 6) is -1.39. The average Bonchev–Trinajstić information content (AvgIpc) is 3.05. The van der Waals surface area contributed by atoms with Gasteiger partial charge in [0.15, 0.2) is 0 Å². The molecule has 2 heterocycles. The molecule has 110 valence electrons. The number of carboxylic acids is 1. The fourth-order valence-electron chi connectivity index (χ4n) is 2.85. The lowest BCUT2D eigenvalue weighted by atomic mass is 9.98. The molecule has 0 saturated heterocycles. The van der Waals surface area contributed by atoms with E-state index in [-0.39, 0.29) is 5.69 Å². The van der Waals surface area contributed by atoms with Crippen LogP contribution in [0.3, 0.4) is 0 Å². The fraction of sp³-hybridized carbons (Fsp3) is 0.400. The molecule has 6 nitrogen and oxygen atoms in total. The zero-order valence-corrected chi connectivity index (χ0v) is 11.8. The molecule has 1 saturated carbocycles. The maximum absolute atomic E-state index is 12.3. The van der Waals surface area contributed by atoms with E-state index < -0.39 is 17.4 Å². The number of nitrogens with zero attached hydrogens (tertiary/aromatic N) is 2. The van der Waals surface area contributed by atoms with Crippen LogP contribution in [-0.4, -0.2) is 31.9 Å². The number of carbonyl (C=O) groups is 2. The van der Waals surface area contributed by atoms with Gasteiger partial charge in [-0.2, -0.15) is 0 Å². The Kier molecular flexibility index (Phi) is 3.16. The molecule has 0 aliphatic heterocycles. The monoisotopic (exact) mass is 287 g/mol. The number of hydrogen-bond donors (Lipinski definition) is 2. The molecular formula is C15H17N3O3. The third-order valence-corrected chi connectivity index (χ3v) is 4.07. The summed E-state index contributed by atoms with van der Waals surface area (Å²) in [5, 5.41) is 12.1. The number of nitrogens with one attached hydrogen (secondary N) is 1. The maximum Gasteiger partial charge on any atom is 0.329 e. The Morgan fingerprint density at radius 3 is 2.76 bits per heavy atom. The van der Waals surface area contributed by atoms with Crippen molar-refractivity contribution in [3.8, 4) is 0 Å². The molecule has 0 bridgehead atoms. The number of carboxylic acid groups (broad SMARTS) is 1. The van der Waals surface area contributed by atoms with Crippen LogP contribution in [0.1, 0.15) is 41.7 Å². The predicted molar refractivity (Wildman–Crippen MR) is 76.2 cm³/mol. The number of carbonyl (C=O) groups excluding carboxylic acids is 1. The first-order chi connectivity index (χ1) is 10.00. The summed E-state index contributed by atoms with van der Waals surface area (Å²) in [6.45, 7) is 1.95. The Bertz CT molecular complexity index is 714. The van der Waals surface area contributed by atoms with Crippen LogP contribution in [0.25, 0.3) is 5.65 Å². The molecule has 1 amide bonds. The molecule has 21 heavy (non-hydrogen) atoms. The van der Waals surface area contributed by atoms with Crippen molar-refractivity contribution in [1.29, 1.82) is 0 Å². The number of rotatable bonds is 3. The molecule has 0 unspecified atom stereocenters. The van der Waals surface area contributed by atoms with Crippen LogP contribution in [-0.2, 0) is 4.79 Å². The number of aliphatic carboxylic acids is 1. The van der Waals surface area contributed by atoms with Crippen molar-refractivity contribution < 1.29 is 14.7 Å². The third-order valence-electron chi connectivity index (χ3n) is 4.07. The molecule has 2 aromatic heterocycles. The summed E-state index contributed by atoms with van der Waals surface area (Å²) in [5.41, 5.74) is 0.838. The summed E-state index contributed by atoms with van der Waals surface area (Å²) in [4.78, 5) is 28.0. The van der Waals surface area contributed by atoms with E-state index in [1.165, 1.54) is 0 Å². The van der Waals surface area contributed by atoms with Crippen LogP contribution in [0.4, 0.5) is 0 Å². The predicted octanol–water partition coefficient (Wildman–Crippen LogP) is 1.77. The van der Waals surface area contributed by atoms with Crippen LogP contribution in [0, 0.1) is 6.92 Å². The van der Waals surface area contributed by atoms with Crippen LogP contribution >= 0.6 is 0 Å². The molecule has 0 radical (unpaired) electrons. The zero-order valence-electron chi connectivity index (χ0n) is 11.8. The second kappa shape index (κ2) is 4.87. The molecule has 3 rings (SSSR count). The van der Waals surface area contributed by atoms with Crippen LogP contribution in [0.2, 0.25) is 0 Å². The minimum atomic E-state index is -1.14. The molecule has 0 atom stereocenters. The third kappa shape index (κ3) is 2.37. The number of hydrogen-bond acceptors (Lipinski definition) is 3. The van der Waals surface area contributed by atoms with Crippen molar-refractivity contribution in [3.05, 3.63) is 35.8 Å². The Balaban J connectivity index is 1.88. The quantitative estimate of drug-likeness (QED) is 0.901. The number of aryl methyl sites for hydroxylation is 1. The van der Waals surface area contributed by atoms with Crippen molar-refractivity contribution in [2.75, 3.05) is 0 Å². The van der Waals surface area contributed by atoms with Gasteiger partial charge >= 0.3 is 5.97 Å². The van der Waals surface area contributed by atoms with E-state index in [4.69, 9.17) is 0 Å². The molecule has 2 N–H and O–H groups in total. The van der Waals surface area contributed by atoms with Crippen LogP contribution < -0.4 is 5.32 Å².